The number of hydrogen-bond donors (Lipinski definition) is 3. The molecule has 0 radical (unpaired) electrons. The Bertz CT molecular complexity index is 1210. The van der Waals surface area contributed by atoms with Crippen molar-refractivity contribution in [3.05, 3.63) is 72.5 Å². The van der Waals surface area contributed by atoms with Gasteiger partial charge in [0.1, 0.15) is 5.76 Å². The molecule has 2 rings (SSSR count). The van der Waals surface area contributed by atoms with Crippen LogP contribution >= 0.6 is 0 Å². The summed E-state index contributed by atoms with van der Waals surface area (Å²) in [5, 5.41) is 20.1. The van der Waals surface area contributed by atoms with Crippen LogP contribution in [0.3, 0.4) is 0 Å². The zero-order valence-electron chi connectivity index (χ0n) is 18.1. The Morgan fingerprint density at radius 2 is 1.61 bits per heavy atom. The van der Waals surface area contributed by atoms with Crippen molar-refractivity contribution in [2.24, 2.45) is 10.2 Å². The van der Waals surface area contributed by atoms with Gasteiger partial charge in [0.25, 0.3) is 5.91 Å². The van der Waals surface area contributed by atoms with E-state index in [-0.39, 0.29) is 51.7 Å². The molecule has 174 valence electrons. The molecule has 3 N–H and O–H groups in total. The molecule has 2 aromatic rings. The molecule has 0 fully saturated rings. The smallest absolute Gasteiger partial charge is 0.726 e. The number of aliphatic hydroxyl groups is 1. The first-order valence-electron chi connectivity index (χ1n) is 8.73. The molecule has 0 bridgehead atoms. The second kappa shape index (κ2) is 13.5. The number of azo groups is 1. The minimum atomic E-state index is -4.92. The molecule has 1 amide bonds. The molecule has 0 saturated heterocycles. The number of sulfone groups is 1. The average Bonchev–Trinajstić information content (AvgIpc) is 2.69. The van der Waals surface area contributed by atoms with Crippen molar-refractivity contribution >= 4 is 37.5 Å². The number of anilines is 1. The molecule has 14 heteroatoms. The van der Waals surface area contributed by atoms with Crippen molar-refractivity contribution in [3.8, 4) is 0 Å². The summed E-state index contributed by atoms with van der Waals surface area (Å²) in [6.45, 7) is 6.56. The van der Waals surface area contributed by atoms with Gasteiger partial charge in [-0.05, 0) is 49.7 Å². The van der Waals surface area contributed by atoms with Gasteiger partial charge in [-0.25, -0.2) is 16.8 Å². The molecular weight excluding hydrogens is 485 g/mol. The Labute approximate surface area is 214 Å². The fourth-order valence-electron chi connectivity index (χ4n) is 2.12. The SMILES string of the molecule is O=S(=O)([O-])O.[CH2-]CS(=O)(=O)c1ccc(N=N/C(C(=O)Nc2ccccc2C)=C(\C)O)cc1.[Na+]. The maximum atomic E-state index is 12.4. The van der Waals surface area contributed by atoms with E-state index in [9.17, 15) is 18.3 Å². The van der Waals surface area contributed by atoms with Crippen LogP contribution in [0.1, 0.15) is 12.5 Å². The van der Waals surface area contributed by atoms with Gasteiger partial charge in [-0.3, -0.25) is 9.35 Å². The third-order valence-electron chi connectivity index (χ3n) is 3.68. The maximum absolute atomic E-state index is 12.4. The van der Waals surface area contributed by atoms with Crippen LogP contribution in [0.2, 0.25) is 0 Å². The van der Waals surface area contributed by atoms with Crippen molar-refractivity contribution in [3.63, 3.8) is 0 Å². The number of carbonyl (C=O) groups is 1. The number of hydrogen-bond acceptors (Lipinski definition) is 9. The van der Waals surface area contributed by atoms with Crippen LogP contribution in [0.5, 0.6) is 0 Å². The Balaban J connectivity index is 0.00000154. The number of allylic oxidation sites excluding steroid dienone is 1. The molecule has 0 aliphatic carbocycles. The molecule has 0 aliphatic heterocycles. The number of aryl methyl sites for hydroxylation is 1. The van der Waals surface area contributed by atoms with Gasteiger partial charge in [0.05, 0.1) is 10.6 Å². The molecule has 33 heavy (non-hydrogen) atoms. The van der Waals surface area contributed by atoms with E-state index >= 15 is 0 Å². The first-order valence-corrected chi connectivity index (χ1v) is 11.7. The normalized spacial score (nSPS) is 12.2. The molecule has 0 saturated carbocycles. The Morgan fingerprint density at radius 3 is 2.06 bits per heavy atom. The number of nitrogens with zero attached hydrogens (tertiary/aromatic N) is 2. The Hall–Kier alpha value is -2.13. The Kier molecular flexibility index (Phi) is 12.7. The zero-order chi connectivity index (χ0) is 24.5. The van der Waals surface area contributed by atoms with Crippen LogP contribution in [0.4, 0.5) is 11.4 Å². The average molecular weight is 507 g/mol. The summed E-state index contributed by atoms with van der Waals surface area (Å²) in [6, 6.07) is 12.9. The number of para-hydroxylation sites is 1. The number of aliphatic hydroxyl groups excluding tert-OH is 1. The third-order valence-corrected chi connectivity index (χ3v) is 5.21. The molecule has 11 nitrogen and oxygen atoms in total. The van der Waals surface area contributed by atoms with E-state index in [1.54, 1.807) is 12.1 Å². The molecule has 0 spiro atoms. The number of carbonyl (C=O) groups excluding carboxylic acids is 1. The largest absolute Gasteiger partial charge is 1.00 e. The van der Waals surface area contributed by atoms with Gasteiger partial charge in [0.15, 0.2) is 15.5 Å². The quantitative estimate of drug-likeness (QED) is 0.0938. The molecule has 0 aromatic heterocycles. The summed E-state index contributed by atoms with van der Waals surface area (Å²) in [5.74, 6) is -1.14. The van der Waals surface area contributed by atoms with E-state index in [0.717, 1.165) is 5.56 Å². The molecular formula is C19H21N3NaO8S2-. The molecule has 0 unspecified atom stereocenters. The van der Waals surface area contributed by atoms with E-state index in [1.165, 1.54) is 31.2 Å². The topological polar surface area (TPSA) is 186 Å². The van der Waals surface area contributed by atoms with Crippen molar-refractivity contribution in [1.82, 2.24) is 0 Å². The fourth-order valence-corrected chi connectivity index (χ4v) is 2.91. The van der Waals surface area contributed by atoms with Crippen molar-refractivity contribution in [2.75, 3.05) is 11.1 Å². The summed E-state index contributed by atoms with van der Waals surface area (Å²) in [7, 11) is -8.33. The third kappa shape index (κ3) is 11.5. The van der Waals surface area contributed by atoms with E-state index in [2.05, 4.69) is 22.5 Å². The fraction of sp³-hybridized carbons (Fsp3) is 0.158. The number of benzene rings is 2. The first kappa shape index (κ1) is 30.9. The summed E-state index contributed by atoms with van der Waals surface area (Å²) in [5.41, 5.74) is 1.55. The predicted octanol–water partition coefficient (Wildman–Crippen LogP) is 0.123. The number of nitrogens with one attached hydrogen (secondary N) is 1. The van der Waals surface area contributed by atoms with Crippen molar-refractivity contribution in [2.45, 2.75) is 18.7 Å². The van der Waals surface area contributed by atoms with Gasteiger partial charge in [-0.2, -0.15) is 5.11 Å². The van der Waals surface area contributed by atoms with Gasteiger partial charge in [-0.1, -0.05) is 24.0 Å². The van der Waals surface area contributed by atoms with Gasteiger partial charge in [0.2, 0.25) is 10.4 Å². The molecule has 0 aliphatic rings. The summed E-state index contributed by atoms with van der Waals surface area (Å²) < 4.78 is 56.3. The van der Waals surface area contributed by atoms with E-state index < -0.39 is 26.1 Å². The van der Waals surface area contributed by atoms with Crippen LogP contribution < -0.4 is 34.9 Å². The Morgan fingerprint density at radius 1 is 1.09 bits per heavy atom. The van der Waals surface area contributed by atoms with Crippen molar-refractivity contribution < 1.29 is 65.4 Å². The van der Waals surface area contributed by atoms with Crippen LogP contribution in [0, 0.1) is 13.8 Å². The van der Waals surface area contributed by atoms with E-state index in [1.807, 2.05) is 19.1 Å². The number of amides is 1. The van der Waals surface area contributed by atoms with Crippen LogP contribution in [0.15, 0.2) is 75.1 Å². The first-order chi connectivity index (χ1) is 14.7. The predicted molar refractivity (Wildman–Crippen MR) is 116 cm³/mol. The molecule has 0 atom stereocenters. The monoisotopic (exact) mass is 506 g/mol. The van der Waals surface area contributed by atoms with E-state index in [4.69, 9.17) is 17.5 Å². The van der Waals surface area contributed by atoms with Crippen LogP contribution in [-0.4, -0.2) is 42.7 Å². The van der Waals surface area contributed by atoms with Gasteiger partial charge in [-0.15, -0.1) is 5.11 Å². The minimum Gasteiger partial charge on any atom is -0.726 e. The number of rotatable bonds is 6. The molecule has 2 aromatic carbocycles. The second-order valence-corrected chi connectivity index (χ2v) is 9.11. The summed E-state index contributed by atoms with van der Waals surface area (Å²) in [4.78, 5) is 12.5. The summed E-state index contributed by atoms with van der Waals surface area (Å²) >= 11 is 0. The maximum Gasteiger partial charge on any atom is 1.00 e. The standard InChI is InChI=1S/C19H20N3O4S.Na.H2O4S/c1-4-27(25,26)16-11-9-15(10-12-16)21-22-18(14(3)23)19(24)20-17-8-6-5-7-13(17)2;;1-5(2,3)4/h5-12,23H,1,4H2,2-3H3,(H,20,24);;(H2,1,2,3,4)/q-1;+1;/p-1/b18-14+,22-21?;;. The van der Waals surface area contributed by atoms with Crippen LogP contribution in [-0.2, 0) is 25.0 Å². The minimum absolute atomic E-state index is 0. The van der Waals surface area contributed by atoms with Gasteiger partial charge in [0, 0.05) is 5.69 Å². The van der Waals surface area contributed by atoms with Crippen molar-refractivity contribution in [1.29, 1.82) is 0 Å². The van der Waals surface area contributed by atoms with Gasteiger partial charge >= 0.3 is 29.6 Å². The van der Waals surface area contributed by atoms with Crippen LogP contribution in [0.25, 0.3) is 0 Å². The van der Waals surface area contributed by atoms with Gasteiger partial charge < -0.3 is 21.9 Å². The molecule has 0 heterocycles. The summed E-state index contributed by atoms with van der Waals surface area (Å²) in [6.07, 6.45) is 0. The van der Waals surface area contributed by atoms with E-state index in [0.29, 0.717) is 11.4 Å². The second-order valence-electron chi connectivity index (χ2n) is 6.14. The zero-order valence-corrected chi connectivity index (χ0v) is 21.7.